The van der Waals surface area contributed by atoms with Gasteiger partial charge in [-0.3, -0.25) is 4.79 Å². The van der Waals surface area contributed by atoms with E-state index >= 15 is 0 Å². The number of halogens is 1. The second kappa shape index (κ2) is 7.41. The first-order valence-electron chi connectivity index (χ1n) is 7.11. The van der Waals surface area contributed by atoms with Gasteiger partial charge in [-0.15, -0.1) is 0 Å². The average molecular weight is 296 g/mol. The highest BCUT2D eigenvalue weighted by molar-refractivity contribution is 5.76. The standard InChI is InChI=1S/C16H25FN2O2/c1-11(12-6-7-13(17)14(10-12)21-5)18-9-8-15(20)19-16(2,3)4/h6-7,10-11,18H,8-9H2,1-5H3,(H,19,20). The van der Waals surface area contributed by atoms with Gasteiger partial charge in [-0.25, -0.2) is 4.39 Å². The summed E-state index contributed by atoms with van der Waals surface area (Å²) in [5.74, 6) is -0.136. The molecule has 0 aromatic heterocycles. The fourth-order valence-corrected chi connectivity index (χ4v) is 1.95. The molecule has 1 atom stereocenters. The molecule has 1 aromatic rings. The summed E-state index contributed by atoms with van der Waals surface area (Å²) in [4.78, 5) is 11.7. The third-order valence-electron chi connectivity index (χ3n) is 2.99. The molecule has 21 heavy (non-hydrogen) atoms. The van der Waals surface area contributed by atoms with Crippen molar-refractivity contribution in [1.82, 2.24) is 10.6 Å². The van der Waals surface area contributed by atoms with E-state index in [9.17, 15) is 9.18 Å². The zero-order chi connectivity index (χ0) is 16.0. The van der Waals surface area contributed by atoms with Crippen molar-refractivity contribution in [3.63, 3.8) is 0 Å². The number of ether oxygens (including phenoxy) is 1. The van der Waals surface area contributed by atoms with E-state index in [-0.39, 0.29) is 29.1 Å². The number of hydrogen-bond donors (Lipinski definition) is 2. The first kappa shape index (κ1) is 17.4. The summed E-state index contributed by atoms with van der Waals surface area (Å²) in [7, 11) is 1.44. The first-order valence-corrected chi connectivity index (χ1v) is 7.11. The maximum atomic E-state index is 13.4. The van der Waals surface area contributed by atoms with Gasteiger partial charge in [0.2, 0.25) is 5.91 Å². The third kappa shape index (κ3) is 6.12. The topological polar surface area (TPSA) is 50.4 Å². The molecule has 0 aliphatic heterocycles. The first-order chi connectivity index (χ1) is 9.73. The quantitative estimate of drug-likeness (QED) is 0.848. The van der Waals surface area contributed by atoms with Crippen molar-refractivity contribution < 1.29 is 13.9 Å². The van der Waals surface area contributed by atoms with Crippen molar-refractivity contribution in [1.29, 1.82) is 0 Å². The van der Waals surface area contributed by atoms with Crippen LogP contribution in [-0.2, 0) is 4.79 Å². The number of rotatable bonds is 6. The Kier molecular flexibility index (Phi) is 6.15. The average Bonchev–Trinajstić information content (AvgIpc) is 2.37. The molecule has 1 rings (SSSR count). The summed E-state index contributed by atoms with van der Waals surface area (Å²) in [6.07, 6.45) is 0.403. The van der Waals surface area contributed by atoms with Crippen LogP contribution in [0.1, 0.15) is 45.7 Å². The van der Waals surface area contributed by atoms with Crippen LogP contribution < -0.4 is 15.4 Å². The van der Waals surface area contributed by atoms with Gasteiger partial charge in [0.1, 0.15) is 0 Å². The van der Waals surface area contributed by atoms with E-state index in [1.807, 2.05) is 27.7 Å². The second-order valence-electron chi connectivity index (χ2n) is 6.12. The van der Waals surface area contributed by atoms with Gasteiger partial charge in [-0.1, -0.05) is 6.07 Å². The van der Waals surface area contributed by atoms with Gasteiger partial charge in [0, 0.05) is 24.5 Å². The van der Waals surface area contributed by atoms with Crippen LogP contribution in [0, 0.1) is 5.82 Å². The van der Waals surface area contributed by atoms with Crippen LogP contribution in [0.5, 0.6) is 5.75 Å². The number of carbonyl (C=O) groups is 1. The molecule has 4 nitrogen and oxygen atoms in total. The van der Waals surface area contributed by atoms with Crippen LogP contribution in [-0.4, -0.2) is 25.1 Å². The largest absolute Gasteiger partial charge is 0.494 e. The minimum absolute atomic E-state index is 0.0129. The number of nitrogens with one attached hydrogen (secondary N) is 2. The minimum atomic E-state index is -0.377. The molecular formula is C16H25FN2O2. The minimum Gasteiger partial charge on any atom is -0.494 e. The molecule has 5 heteroatoms. The van der Waals surface area contributed by atoms with E-state index < -0.39 is 0 Å². The van der Waals surface area contributed by atoms with Crippen molar-refractivity contribution in [2.45, 2.75) is 45.7 Å². The Labute approximate surface area is 126 Å². The van der Waals surface area contributed by atoms with Gasteiger partial charge >= 0.3 is 0 Å². The van der Waals surface area contributed by atoms with Crippen LogP contribution >= 0.6 is 0 Å². The number of hydrogen-bond acceptors (Lipinski definition) is 3. The number of methoxy groups -OCH3 is 1. The van der Waals surface area contributed by atoms with Crippen molar-refractivity contribution in [3.05, 3.63) is 29.6 Å². The molecule has 1 unspecified atom stereocenters. The molecule has 0 aliphatic carbocycles. The highest BCUT2D eigenvalue weighted by Crippen LogP contribution is 2.22. The molecule has 0 radical (unpaired) electrons. The van der Waals surface area contributed by atoms with E-state index in [4.69, 9.17) is 4.74 Å². The lowest BCUT2D eigenvalue weighted by Gasteiger charge is -2.21. The number of amides is 1. The van der Waals surface area contributed by atoms with Crippen molar-refractivity contribution >= 4 is 5.91 Å². The van der Waals surface area contributed by atoms with Gasteiger partial charge in [-0.2, -0.15) is 0 Å². The molecule has 118 valence electrons. The van der Waals surface area contributed by atoms with Crippen LogP contribution in [0.3, 0.4) is 0 Å². The molecule has 2 N–H and O–H groups in total. The SMILES string of the molecule is COc1cc(C(C)NCCC(=O)NC(C)(C)C)ccc1F. The predicted molar refractivity (Wildman–Crippen MR) is 81.9 cm³/mol. The van der Waals surface area contributed by atoms with Crippen molar-refractivity contribution in [2.24, 2.45) is 0 Å². The van der Waals surface area contributed by atoms with Gasteiger partial charge in [-0.05, 0) is 45.4 Å². The lowest BCUT2D eigenvalue weighted by molar-refractivity contribution is -0.122. The van der Waals surface area contributed by atoms with Gasteiger partial charge < -0.3 is 15.4 Å². The van der Waals surface area contributed by atoms with E-state index in [1.165, 1.54) is 13.2 Å². The Morgan fingerprint density at radius 3 is 2.62 bits per heavy atom. The Balaban J connectivity index is 2.47. The Morgan fingerprint density at radius 2 is 2.05 bits per heavy atom. The number of carbonyl (C=O) groups excluding carboxylic acids is 1. The lowest BCUT2D eigenvalue weighted by Crippen LogP contribution is -2.41. The fraction of sp³-hybridized carbons (Fsp3) is 0.562. The molecule has 0 spiro atoms. The highest BCUT2D eigenvalue weighted by atomic mass is 19.1. The van der Waals surface area contributed by atoms with Gasteiger partial charge in [0.25, 0.3) is 0 Å². The van der Waals surface area contributed by atoms with Crippen LogP contribution in [0.2, 0.25) is 0 Å². The summed E-state index contributed by atoms with van der Waals surface area (Å²) >= 11 is 0. The summed E-state index contributed by atoms with van der Waals surface area (Å²) in [6.45, 7) is 8.38. The zero-order valence-corrected chi connectivity index (χ0v) is 13.4. The van der Waals surface area contributed by atoms with E-state index in [0.717, 1.165) is 5.56 Å². The van der Waals surface area contributed by atoms with Crippen LogP contribution in [0.25, 0.3) is 0 Å². The molecule has 0 fully saturated rings. The maximum Gasteiger partial charge on any atom is 0.221 e. The summed E-state index contributed by atoms with van der Waals surface area (Å²) in [5, 5.41) is 6.16. The Bertz CT molecular complexity index is 484. The summed E-state index contributed by atoms with van der Waals surface area (Å²) < 4.78 is 18.3. The normalized spacial score (nSPS) is 12.9. The maximum absolute atomic E-state index is 13.4. The molecule has 1 amide bonds. The lowest BCUT2D eigenvalue weighted by atomic mass is 10.1. The zero-order valence-electron chi connectivity index (χ0n) is 13.4. The fourth-order valence-electron chi connectivity index (χ4n) is 1.95. The molecule has 0 heterocycles. The molecular weight excluding hydrogens is 271 g/mol. The van der Waals surface area contributed by atoms with E-state index in [0.29, 0.717) is 13.0 Å². The molecule has 0 saturated carbocycles. The van der Waals surface area contributed by atoms with E-state index in [2.05, 4.69) is 10.6 Å². The van der Waals surface area contributed by atoms with Gasteiger partial charge in [0.15, 0.2) is 11.6 Å². The van der Waals surface area contributed by atoms with Crippen LogP contribution in [0.15, 0.2) is 18.2 Å². The van der Waals surface area contributed by atoms with Crippen molar-refractivity contribution in [2.75, 3.05) is 13.7 Å². The smallest absolute Gasteiger partial charge is 0.221 e. The van der Waals surface area contributed by atoms with Crippen molar-refractivity contribution in [3.8, 4) is 5.75 Å². The second-order valence-corrected chi connectivity index (χ2v) is 6.12. The number of benzene rings is 1. The molecule has 0 aliphatic rings. The molecule has 0 bridgehead atoms. The molecule has 1 aromatic carbocycles. The van der Waals surface area contributed by atoms with Crippen LogP contribution in [0.4, 0.5) is 4.39 Å². The monoisotopic (exact) mass is 296 g/mol. The predicted octanol–water partition coefficient (Wildman–Crippen LogP) is 2.79. The molecule has 0 saturated heterocycles. The summed E-state index contributed by atoms with van der Waals surface area (Å²) in [6, 6.07) is 4.79. The third-order valence-corrected chi connectivity index (χ3v) is 2.99. The Hall–Kier alpha value is -1.62. The highest BCUT2D eigenvalue weighted by Gasteiger charge is 2.14. The summed E-state index contributed by atoms with van der Waals surface area (Å²) in [5.41, 5.74) is 0.706. The Morgan fingerprint density at radius 1 is 1.38 bits per heavy atom. The van der Waals surface area contributed by atoms with E-state index in [1.54, 1.807) is 12.1 Å². The van der Waals surface area contributed by atoms with Gasteiger partial charge in [0.05, 0.1) is 7.11 Å².